The zero-order chi connectivity index (χ0) is 8.10. The summed E-state index contributed by atoms with van der Waals surface area (Å²) in [5.41, 5.74) is 1.36. The van der Waals surface area contributed by atoms with Crippen LogP contribution in [0.15, 0.2) is 16.8 Å². The first-order valence-electron chi connectivity index (χ1n) is 4.23. The molecule has 0 bridgehead atoms. The highest BCUT2D eigenvalue weighted by Gasteiger charge is 2.00. The van der Waals surface area contributed by atoms with E-state index in [1.54, 1.807) is 0 Å². The maximum atomic E-state index is 4.23. The molecule has 1 aliphatic heterocycles. The Morgan fingerprint density at radius 3 is 3.09 bits per heavy atom. The van der Waals surface area contributed by atoms with Crippen LogP contribution in [0, 0.1) is 0 Å². The molecule has 0 spiro atoms. The van der Waals surface area contributed by atoms with E-state index < -0.39 is 0 Å². The van der Waals surface area contributed by atoms with E-state index in [0.29, 0.717) is 0 Å². The minimum absolute atomic E-state index is 0.815. The molecule has 1 heterocycles. The second kappa shape index (κ2) is 4.16. The molecule has 0 saturated carbocycles. The Hall–Kier alpha value is -0.790. The van der Waals surface area contributed by atoms with Crippen LogP contribution in [0.5, 0.6) is 0 Å². The lowest BCUT2D eigenvalue weighted by atomic mass is 10.1. The van der Waals surface area contributed by atoms with Crippen LogP contribution >= 0.6 is 0 Å². The fraction of sp³-hybridized carbons (Fsp3) is 0.667. The average molecular weight is 152 g/mol. The van der Waals surface area contributed by atoms with Crippen LogP contribution in [0.4, 0.5) is 0 Å². The Bertz CT molecular complexity index is 170. The van der Waals surface area contributed by atoms with Crippen molar-refractivity contribution in [1.82, 2.24) is 4.90 Å². The molecule has 0 unspecified atom stereocenters. The van der Waals surface area contributed by atoms with E-state index in [1.807, 2.05) is 6.21 Å². The van der Waals surface area contributed by atoms with Gasteiger partial charge >= 0.3 is 0 Å². The van der Waals surface area contributed by atoms with Crippen molar-refractivity contribution in [2.75, 3.05) is 13.7 Å². The lowest BCUT2D eigenvalue weighted by molar-refractivity contribution is 0.463. The van der Waals surface area contributed by atoms with Crippen LogP contribution in [0.1, 0.15) is 26.2 Å². The third-order valence-corrected chi connectivity index (χ3v) is 1.77. The normalized spacial score (nSPS) is 16.9. The lowest BCUT2D eigenvalue weighted by Crippen LogP contribution is -2.15. The van der Waals surface area contributed by atoms with Crippen LogP contribution in [0.25, 0.3) is 0 Å². The van der Waals surface area contributed by atoms with Crippen LogP contribution in [0.2, 0.25) is 0 Å². The van der Waals surface area contributed by atoms with E-state index in [1.165, 1.54) is 24.8 Å². The molecule has 1 aliphatic rings. The first kappa shape index (κ1) is 8.31. The van der Waals surface area contributed by atoms with E-state index in [0.717, 1.165) is 6.67 Å². The van der Waals surface area contributed by atoms with Gasteiger partial charge in [-0.25, -0.2) is 0 Å². The standard InChI is InChI=1S/C9H16N2/c1-3-4-5-9-6-10-8-11(2)7-9/h6-7H,3-5,8H2,1-2H3. The summed E-state index contributed by atoms with van der Waals surface area (Å²) >= 11 is 0. The maximum Gasteiger partial charge on any atom is 0.109 e. The fourth-order valence-electron chi connectivity index (χ4n) is 1.15. The molecule has 0 saturated heterocycles. The summed E-state index contributed by atoms with van der Waals surface area (Å²) in [5.74, 6) is 0. The number of nitrogens with zero attached hydrogens (tertiary/aromatic N) is 2. The van der Waals surface area contributed by atoms with Gasteiger partial charge in [-0.15, -0.1) is 0 Å². The molecule has 0 fully saturated rings. The lowest BCUT2D eigenvalue weighted by Gasteiger charge is -2.16. The van der Waals surface area contributed by atoms with Gasteiger partial charge in [-0.2, -0.15) is 0 Å². The molecular weight excluding hydrogens is 136 g/mol. The Kier molecular flexibility index (Phi) is 3.14. The molecule has 0 N–H and O–H groups in total. The average Bonchev–Trinajstić information content (AvgIpc) is 2.01. The molecule has 2 nitrogen and oxygen atoms in total. The number of allylic oxidation sites excluding steroid dienone is 1. The number of hydrogen-bond acceptors (Lipinski definition) is 2. The van der Waals surface area contributed by atoms with E-state index in [9.17, 15) is 0 Å². The second-order valence-corrected chi connectivity index (χ2v) is 3.02. The molecule has 0 aliphatic carbocycles. The summed E-state index contributed by atoms with van der Waals surface area (Å²) in [4.78, 5) is 6.34. The SMILES string of the molecule is CCCCC1=CN(C)CN=C1. The molecule has 2 heteroatoms. The number of rotatable bonds is 3. The molecule has 1 rings (SSSR count). The monoisotopic (exact) mass is 152 g/mol. The van der Waals surface area contributed by atoms with Crippen LogP contribution in [-0.4, -0.2) is 24.8 Å². The number of unbranched alkanes of at least 4 members (excludes halogenated alkanes) is 1. The summed E-state index contributed by atoms with van der Waals surface area (Å²) in [6.07, 6.45) is 7.88. The molecule has 62 valence electrons. The summed E-state index contributed by atoms with van der Waals surface area (Å²) in [6, 6.07) is 0. The molecule has 0 aromatic heterocycles. The van der Waals surface area contributed by atoms with Gasteiger partial charge in [0.25, 0.3) is 0 Å². The largest absolute Gasteiger partial charge is 0.361 e. The fourth-order valence-corrected chi connectivity index (χ4v) is 1.15. The zero-order valence-electron chi connectivity index (χ0n) is 7.38. The van der Waals surface area contributed by atoms with Gasteiger partial charge in [-0.3, -0.25) is 4.99 Å². The molecule has 0 amide bonds. The van der Waals surface area contributed by atoms with Gasteiger partial charge in [-0.05, 0) is 18.4 Å². The highest BCUT2D eigenvalue weighted by molar-refractivity contribution is 5.78. The van der Waals surface area contributed by atoms with Crippen molar-refractivity contribution in [3.8, 4) is 0 Å². The van der Waals surface area contributed by atoms with Gasteiger partial charge in [-0.1, -0.05) is 13.3 Å². The van der Waals surface area contributed by atoms with E-state index in [2.05, 4.69) is 30.1 Å². The van der Waals surface area contributed by atoms with Gasteiger partial charge in [0.05, 0.1) is 0 Å². The highest BCUT2D eigenvalue weighted by Crippen LogP contribution is 2.08. The third kappa shape index (κ3) is 2.74. The minimum atomic E-state index is 0.815. The molecule has 0 aromatic carbocycles. The van der Waals surface area contributed by atoms with E-state index >= 15 is 0 Å². The summed E-state index contributed by atoms with van der Waals surface area (Å²) in [5, 5.41) is 0. The van der Waals surface area contributed by atoms with Gasteiger partial charge < -0.3 is 4.90 Å². The van der Waals surface area contributed by atoms with Crippen molar-refractivity contribution >= 4 is 6.21 Å². The molecular formula is C9H16N2. The second-order valence-electron chi connectivity index (χ2n) is 3.02. The van der Waals surface area contributed by atoms with Crippen molar-refractivity contribution in [2.24, 2.45) is 4.99 Å². The van der Waals surface area contributed by atoms with Crippen molar-refractivity contribution in [3.05, 3.63) is 11.8 Å². The van der Waals surface area contributed by atoms with Gasteiger partial charge in [0.15, 0.2) is 0 Å². The first-order chi connectivity index (χ1) is 5.33. The van der Waals surface area contributed by atoms with Crippen LogP contribution in [0.3, 0.4) is 0 Å². The van der Waals surface area contributed by atoms with E-state index in [4.69, 9.17) is 0 Å². The smallest absolute Gasteiger partial charge is 0.109 e. The molecule has 0 radical (unpaired) electrons. The van der Waals surface area contributed by atoms with Gasteiger partial charge in [0, 0.05) is 19.5 Å². The Balaban J connectivity index is 2.37. The third-order valence-electron chi connectivity index (χ3n) is 1.77. The minimum Gasteiger partial charge on any atom is -0.361 e. The molecule has 0 aromatic rings. The predicted molar refractivity (Wildman–Crippen MR) is 48.7 cm³/mol. The Morgan fingerprint density at radius 2 is 2.45 bits per heavy atom. The topological polar surface area (TPSA) is 15.6 Å². The van der Waals surface area contributed by atoms with Crippen molar-refractivity contribution < 1.29 is 0 Å². The summed E-state index contributed by atoms with van der Waals surface area (Å²) in [6.45, 7) is 3.03. The van der Waals surface area contributed by atoms with Gasteiger partial charge in [0.1, 0.15) is 6.67 Å². The number of aliphatic imine (C=N–C) groups is 1. The maximum absolute atomic E-state index is 4.23. The van der Waals surface area contributed by atoms with Crippen LogP contribution < -0.4 is 0 Å². The number of hydrogen-bond donors (Lipinski definition) is 0. The zero-order valence-corrected chi connectivity index (χ0v) is 7.38. The molecule has 0 atom stereocenters. The van der Waals surface area contributed by atoms with E-state index in [-0.39, 0.29) is 0 Å². The van der Waals surface area contributed by atoms with Crippen molar-refractivity contribution in [2.45, 2.75) is 26.2 Å². The Morgan fingerprint density at radius 1 is 1.64 bits per heavy atom. The van der Waals surface area contributed by atoms with Crippen LogP contribution in [-0.2, 0) is 0 Å². The predicted octanol–water partition coefficient (Wildman–Crippen LogP) is 2.03. The first-order valence-corrected chi connectivity index (χ1v) is 4.23. The highest BCUT2D eigenvalue weighted by atomic mass is 15.2. The molecule has 11 heavy (non-hydrogen) atoms. The summed E-state index contributed by atoms with van der Waals surface area (Å²) < 4.78 is 0. The Labute approximate surface area is 68.6 Å². The van der Waals surface area contributed by atoms with Crippen molar-refractivity contribution in [3.63, 3.8) is 0 Å². The summed E-state index contributed by atoms with van der Waals surface area (Å²) in [7, 11) is 2.06. The van der Waals surface area contributed by atoms with Crippen molar-refractivity contribution in [1.29, 1.82) is 0 Å². The quantitative estimate of drug-likeness (QED) is 0.604. The van der Waals surface area contributed by atoms with Gasteiger partial charge in [0.2, 0.25) is 0 Å².